The van der Waals surface area contributed by atoms with E-state index in [0.717, 1.165) is 41.4 Å². The van der Waals surface area contributed by atoms with Crippen LogP contribution in [0.15, 0.2) is 55.1 Å². The van der Waals surface area contributed by atoms with Crippen LogP contribution in [0.4, 0.5) is 5.82 Å². The van der Waals surface area contributed by atoms with Crippen molar-refractivity contribution in [2.24, 2.45) is 0 Å². The van der Waals surface area contributed by atoms with Crippen molar-refractivity contribution in [2.45, 2.75) is 44.4 Å². The first-order chi connectivity index (χ1) is 20.5. The Morgan fingerprint density at radius 3 is 2.71 bits per heavy atom. The Hall–Kier alpha value is -4.49. The summed E-state index contributed by atoms with van der Waals surface area (Å²) in [5.41, 5.74) is 2.31. The first-order valence-corrected chi connectivity index (χ1v) is 14.5. The number of aromatic nitrogens is 2. The predicted octanol–water partition coefficient (Wildman–Crippen LogP) is 3.38. The van der Waals surface area contributed by atoms with Crippen LogP contribution in [0.1, 0.15) is 40.9 Å². The standard InChI is InChI=1S/C32H35N7O3/c1-3-29(40)39-17-16-37(18-23(39)13-14-33)30-27-19-38(31(41)26-12-6-9-22-8-4-5-11-25(22)26)20-28(27)34-32(35-30)42-21-24-10-7-15-36(24)2/h3-6,8-9,11-12,23-24H,1,7,10,13,15-21H2,2H3. The fourth-order valence-electron chi connectivity index (χ4n) is 6.36. The highest BCUT2D eigenvalue weighted by atomic mass is 16.5. The summed E-state index contributed by atoms with van der Waals surface area (Å²) in [7, 11) is 2.10. The molecule has 0 radical (unpaired) electrons. The molecule has 10 nitrogen and oxygen atoms in total. The van der Waals surface area contributed by atoms with Crippen molar-refractivity contribution in [1.82, 2.24) is 24.7 Å². The summed E-state index contributed by atoms with van der Waals surface area (Å²) in [5, 5.41) is 11.4. The summed E-state index contributed by atoms with van der Waals surface area (Å²) in [5.74, 6) is 0.463. The Labute approximate surface area is 245 Å². The highest BCUT2D eigenvalue weighted by Gasteiger charge is 2.36. The Kier molecular flexibility index (Phi) is 7.76. The van der Waals surface area contributed by atoms with Crippen LogP contribution < -0.4 is 9.64 Å². The summed E-state index contributed by atoms with van der Waals surface area (Å²) in [6.45, 7) is 7.30. The minimum Gasteiger partial charge on any atom is -0.462 e. The lowest BCUT2D eigenvalue weighted by atomic mass is 10.0. The van der Waals surface area contributed by atoms with Gasteiger partial charge in [0.25, 0.3) is 5.91 Å². The van der Waals surface area contributed by atoms with E-state index in [1.807, 2.05) is 47.4 Å². The summed E-state index contributed by atoms with van der Waals surface area (Å²) >= 11 is 0. The molecule has 0 saturated carbocycles. The molecule has 0 aliphatic carbocycles. The number of nitriles is 1. The van der Waals surface area contributed by atoms with Crippen molar-refractivity contribution in [3.8, 4) is 12.1 Å². The molecule has 4 heterocycles. The lowest BCUT2D eigenvalue weighted by Gasteiger charge is -2.41. The molecule has 2 aromatic carbocycles. The van der Waals surface area contributed by atoms with Crippen LogP contribution >= 0.6 is 0 Å². The highest BCUT2D eigenvalue weighted by Crippen LogP contribution is 2.34. The Balaban J connectivity index is 1.31. The number of ether oxygens (including phenoxy) is 1. The summed E-state index contributed by atoms with van der Waals surface area (Å²) < 4.78 is 6.18. The molecular weight excluding hydrogens is 530 g/mol. The van der Waals surface area contributed by atoms with Crippen LogP contribution in [0, 0.1) is 11.3 Å². The summed E-state index contributed by atoms with van der Waals surface area (Å²) in [6.07, 6.45) is 3.70. The molecule has 6 rings (SSSR count). The zero-order valence-corrected chi connectivity index (χ0v) is 23.9. The maximum absolute atomic E-state index is 13.9. The summed E-state index contributed by atoms with van der Waals surface area (Å²) in [4.78, 5) is 44.0. The number of rotatable bonds is 7. The molecule has 2 fully saturated rings. The van der Waals surface area contributed by atoms with Gasteiger partial charge in [-0.05, 0) is 49.3 Å². The lowest BCUT2D eigenvalue weighted by Crippen LogP contribution is -2.55. The fraction of sp³-hybridized carbons (Fsp3) is 0.406. The van der Waals surface area contributed by atoms with Gasteiger partial charge in [0.1, 0.15) is 12.4 Å². The molecule has 3 aliphatic heterocycles. The van der Waals surface area contributed by atoms with E-state index in [9.17, 15) is 14.9 Å². The molecule has 216 valence electrons. The largest absolute Gasteiger partial charge is 0.462 e. The number of benzene rings is 2. The van der Waals surface area contributed by atoms with E-state index in [0.29, 0.717) is 62.8 Å². The van der Waals surface area contributed by atoms with E-state index in [1.165, 1.54) is 6.08 Å². The van der Waals surface area contributed by atoms with Gasteiger partial charge >= 0.3 is 6.01 Å². The number of piperazine rings is 1. The molecule has 2 atom stereocenters. The second kappa shape index (κ2) is 11.8. The molecule has 3 aliphatic rings. The highest BCUT2D eigenvalue weighted by molar-refractivity contribution is 6.07. The zero-order chi connectivity index (χ0) is 29.2. The van der Waals surface area contributed by atoms with Gasteiger partial charge in [-0.1, -0.05) is 43.0 Å². The molecule has 0 bridgehead atoms. The van der Waals surface area contributed by atoms with Crippen LogP contribution in [0.2, 0.25) is 0 Å². The fourth-order valence-corrected chi connectivity index (χ4v) is 6.36. The number of fused-ring (bicyclic) bond motifs is 2. The van der Waals surface area contributed by atoms with Gasteiger partial charge in [0, 0.05) is 36.8 Å². The number of hydrogen-bond acceptors (Lipinski definition) is 8. The zero-order valence-electron chi connectivity index (χ0n) is 23.9. The normalized spacial score (nSPS) is 20.4. The maximum atomic E-state index is 13.9. The minimum absolute atomic E-state index is 0.0606. The van der Waals surface area contributed by atoms with E-state index in [4.69, 9.17) is 14.7 Å². The topological polar surface area (TPSA) is 106 Å². The van der Waals surface area contributed by atoms with Crippen molar-refractivity contribution >= 4 is 28.4 Å². The van der Waals surface area contributed by atoms with Crippen molar-refractivity contribution in [3.05, 3.63) is 71.9 Å². The molecule has 0 spiro atoms. The van der Waals surface area contributed by atoms with E-state index in [1.54, 1.807) is 4.90 Å². The number of nitrogens with zero attached hydrogens (tertiary/aromatic N) is 7. The van der Waals surface area contributed by atoms with Crippen molar-refractivity contribution in [1.29, 1.82) is 5.26 Å². The van der Waals surface area contributed by atoms with E-state index >= 15 is 0 Å². The maximum Gasteiger partial charge on any atom is 0.318 e. The average Bonchev–Trinajstić information content (AvgIpc) is 3.64. The third-order valence-electron chi connectivity index (χ3n) is 8.69. The molecule has 2 amide bonds. The number of likely N-dealkylation sites (N-methyl/N-ethyl adjacent to an activating group) is 1. The van der Waals surface area contributed by atoms with E-state index < -0.39 is 0 Å². The Bertz CT molecular complexity index is 1560. The number of amides is 2. The van der Waals surface area contributed by atoms with Gasteiger partial charge in [-0.15, -0.1) is 0 Å². The third kappa shape index (κ3) is 5.28. The molecule has 3 aromatic rings. The van der Waals surface area contributed by atoms with Gasteiger partial charge < -0.3 is 24.3 Å². The molecule has 1 aromatic heterocycles. The number of carbonyl (C=O) groups is 2. The van der Waals surface area contributed by atoms with Gasteiger partial charge in [-0.25, -0.2) is 0 Å². The Morgan fingerprint density at radius 2 is 1.93 bits per heavy atom. The van der Waals surface area contributed by atoms with Crippen LogP contribution in [0.25, 0.3) is 10.8 Å². The molecule has 2 unspecified atom stereocenters. The number of carbonyl (C=O) groups excluding carboxylic acids is 2. The Morgan fingerprint density at radius 1 is 1.10 bits per heavy atom. The van der Waals surface area contributed by atoms with Crippen LogP contribution in [0.5, 0.6) is 6.01 Å². The quantitative estimate of drug-likeness (QED) is 0.402. The van der Waals surface area contributed by atoms with Crippen molar-refractivity contribution in [2.75, 3.05) is 44.7 Å². The van der Waals surface area contributed by atoms with Gasteiger partial charge in [-0.2, -0.15) is 15.2 Å². The SMILES string of the molecule is C=CC(=O)N1CCN(c2nc(OCC3CCCN3C)nc3c2CN(C(=O)c2cccc4ccccc24)C3)CC1CC#N. The monoisotopic (exact) mass is 565 g/mol. The number of likely N-dealkylation sites (tertiary alicyclic amines) is 1. The van der Waals surface area contributed by atoms with Crippen LogP contribution in [-0.4, -0.2) is 88.4 Å². The molecule has 0 N–H and O–H groups in total. The first kappa shape index (κ1) is 27.7. The predicted molar refractivity (Wildman–Crippen MR) is 159 cm³/mol. The van der Waals surface area contributed by atoms with Gasteiger partial charge in [-0.3, -0.25) is 9.59 Å². The van der Waals surface area contributed by atoms with Gasteiger partial charge in [0.15, 0.2) is 0 Å². The molecule has 2 saturated heterocycles. The number of hydrogen-bond donors (Lipinski definition) is 0. The first-order valence-electron chi connectivity index (χ1n) is 14.5. The minimum atomic E-state index is -0.300. The second-order valence-electron chi connectivity index (χ2n) is 11.2. The van der Waals surface area contributed by atoms with E-state index in [2.05, 4.69) is 29.5 Å². The van der Waals surface area contributed by atoms with Crippen molar-refractivity contribution < 1.29 is 14.3 Å². The third-order valence-corrected chi connectivity index (χ3v) is 8.69. The summed E-state index contributed by atoms with van der Waals surface area (Å²) in [6, 6.07) is 16.2. The average molecular weight is 566 g/mol. The van der Waals surface area contributed by atoms with Gasteiger partial charge in [0.2, 0.25) is 5.91 Å². The van der Waals surface area contributed by atoms with Crippen LogP contribution in [0.3, 0.4) is 0 Å². The molecular formula is C32H35N7O3. The van der Waals surface area contributed by atoms with E-state index in [-0.39, 0.29) is 24.3 Å². The molecule has 42 heavy (non-hydrogen) atoms. The second-order valence-corrected chi connectivity index (χ2v) is 11.2. The van der Waals surface area contributed by atoms with Gasteiger partial charge in [0.05, 0.1) is 37.3 Å². The van der Waals surface area contributed by atoms with Crippen molar-refractivity contribution in [3.63, 3.8) is 0 Å². The number of anilines is 1. The lowest BCUT2D eigenvalue weighted by molar-refractivity contribution is -0.128. The smallest absolute Gasteiger partial charge is 0.318 e. The van der Waals surface area contributed by atoms with Crippen LogP contribution in [-0.2, 0) is 17.9 Å². The molecule has 10 heteroatoms.